The summed E-state index contributed by atoms with van der Waals surface area (Å²) in [5.74, 6) is 0. The van der Waals surface area contributed by atoms with Crippen LogP contribution in [0.15, 0.2) is 121 Å². The molecule has 0 radical (unpaired) electrons. The molecule has 2 N–H and O–H groups in total. The maximum atomic E-state index is 11.6. The van der Waals surface area contributed by atoms with E-state index in [0.717, 1.165) is 89.1 Å². The number of nitrogens with zero attached hydrogens (tertiary/aromatic N) is 4. The largest absolute Gasteiger partial charge is 0.354 e. The first-order valence-electron chi connectivity index (χ1n) is 18.0. The number of benzene rings is 4. The van der Waals surface area contributed by atoms with Gasteiger partial charge in [0, 0.05) is 68.6 Å². The number of hydrogen-bond acceptors (Lipinski definition) is 6. The Morgan fingerprint density at radius 1 is 0.393 bits per heavy atom. The molecule has 56 heavy (non-hydrogen) atoms. The number of hydrogen-bond donors (Lipinski definition) is 2. The van der Waals surface area contributed by atoms with E-state index in [4.69, 9.17) is 9.97 Å². The summed E-state index contributed by atoms with van der Waals surface area (Å²) in [6.07, 6.45) is 7.94. The number of fused-ring (bicyclic) bond motifs is 8. The Hall–Kier alpha value is -7.72. The molecule has 0 saturated carbocycles. The van der Waals surface area contributed by atoms with Crippen LogP contribution in [0.5, 0.6) is 0 Å². The van der Waals surface area contributed by atoms with E-state index in [1.165, 1.54) is 24.3 Å². The molecule has 0 aliphatic carbocycles. The van der Waals surface area contributed by atoms with Gasteiger partial charge < -0.3 is 9.97 Å². The zero-order valence-corrected chi connectivity index (χ0v) is 30.3. The number of aryl methyl sites for hydroxylation is 2. The molecular weight excluding hydrogens is 701 g/mol. The van der Waals surface area contributed by atoms with Gasteiger partial charge >= 0.3 is 0 Å². The summed E-state index contributed by atoms with van der Waals surface area (Å²) in [5, 5.41) is 23.2. The van der Waals surface area contributed by atoms with Crippen LogP contribution in [-0.4, -0.2) is 29.8 Å². The van der Waals surface area contributed by atoms with Gasteiger partial charge in [-0.1, -0.05) is 59.7 Å². The minimum Gasteiger partial charge on any atom is -0.354 e. The van der Waals surface area contributed by atoms with Crippen molar-refractivity contribution in [2.24, 2.45) is 0 Å². The number of aromatic nitrogens is 4. The monoisotopic (exact) mass is 732 g/mol. The molecule has 9 rings (SSSR count). The van der Waals surface area contributed by atoms with Crippen LogP contribution >= 0.6 is 0 Å². The number of rotatable bonds is 6. The van der Waals surface area contributed by atoms with Gasteiger partial charge in [-0.3, -0.25) is 20.2 Å². The van der Waals surface area contributed by atoms with E-state index in [2.05, 4.69) is 58.5 Å². The lowest BCUT2D eigenvalue weighted by atomic mass is 10.0. The molecule has 0 fully saturated rings. The zero-order chi connectivity index (χ0) is 38.5. The summed E-state index contributed by atoms with van der Waals surface area (Å²) in [6, 6.07) is 37.7. The van der Waals surface area contributed by atoms with E-state index in [1.54, 1.807) is 24.3 Å². The summed E-state index contributed by atoms with van der Waals surface area (Å²) in [5.41, 5.74) is 15.0. The highest BCUT2D eigenvalue weighted by Crippen LogP contribution is 2.39. The van der Waals surface area contributed by atoms with Crippen molar-refractivity contribution in [1.29, 1.82) is 0 Å². The van der Waals surface area contributed by atoms with Crippen molar-refractivity contribution in [2.75, 3.05) is 0 Å². The summed E-state index contributed by atoms with van der Waals surface area (Å²) in [7, 11) is 0. The second kappa shape index (κ2) is 13.6. The lowest BCUT2D eigenvalue weighted by Gasteiger charge is -2.07. The van der Waals surface area contributed by atoms with E-state index < -0.39 is 9.85 Å². The average molecular weight is 733 g/mol. The predicted molar refractivity (Wildman–Crippen MR) is 223 cm³/mol. The van der Waals surface area contributed by atoms with Gasteiger partial charge in [0.05, 0.1) is 32.6 Å². The molecule has 2 aliphatic heterocycles. The minimum absolute atomic E-state index is 0.00130. The van der Waals surface area contributed by atoms with Crippen molar-refractivity contribution >= 4 is 57.7 Å². The van der Waals surface area contributed by atoms with Gasteiger partial charge in [0.2, 0.25) is 0 Å². The highest BCUT2D eigenvalue weighted by Gasteiger charge is 2.20. The molecule has 0 spiro atoms. The van der Waals surface area contributed by atoms with Crippen LogP contribution < -0.4 is 0 Å². The summed E-state index contributed by atoms with van der Waals surface area (Å²) >= 11 is 0. The molecule has 0 amide bonds. The van der Waals surface area contributed by atoms with Gasteiger partial charge in [0.25, 0.3) is 11.4 Å². The van der Waals surface area contributed by atoms with Crippen molar-refractivity contribution in [1.82, 2.24) is 19.9 Å². The third-order valence-electron chi connectivity index (χ3n) is 10.2. The van der Waals surface area contributed by atoms with E-state index in [0.29, 0.717) is 11.4 Å². The second-order valence-electron chi connectivity index (χ2n) is 13.8. The fourth-order valence-electron chi connectivity index (χ4n) is 7.36. The van der Waals surface area contributed by atoms with Crippen LogP contribution in [0, 0.1) is 34.1 Å². The van der Waals surface area contributed by atoms with Gasteiger partial charge in [0.15, 0.2) is 0 Å². The lowest BCUT2D eigenvalue weighted by Crippen LogP contribution is -1.91. The molecule has 0 atom stereocenters. The molecule has 4 aromatic carbocycles. The van der Waals surface area contributed by atoms with Crippen molar-refractivity contribution in [3.05, 3.63) is 175 Å². The van der Waals surface area contributed by atoms with Crippen LogP contribution in [0.3, 0.4) is 0 Å². The highest BCUT2D eigenvalue weighted by molar-refractivity contribution is 5.99. The van der Waals surface area contributed by atoms with Gasteiger partial charge in [-0.2, -0.15) is 0 Å². The van der Waals surface area contributed by atoms with Crippen LogP contribution in [0.25, 0.3) is 90.9 Å². The molecule has 8 bridgehead atoms. The summed E-state index contributed by atoms with van der Waals surface area (Å²) < 4.78 is 0. The van der Waals surface area contributed by atoms with Crippen LogP contribution in [0.1, 0.15) is 33.9 Å². The molecule has 7 aromatic rings. The molecule has 5 heterocycles. The van der Waals surface area contributed by atoms with Gasteiger partial charge in [0.1, 0.15) is 0 Å². The Balaban J connectivity index is 1.44. The second-order valence-corrected chi connectivity index (χ2v) is 13.8. The number of non-ortho nitro benzene ring substituents is 2. The van der Waals surface area contributed by atoms with Crippen molar-refractivity contribution in [3.8, 4) is 44.5 Å². The Labute approximate surface area is 320 Å². The van der Waals surface area contributed by atoms with Gasteiger partial charge in [-0.25, -0.2) is 9.97 Å². The van der Waals surface area contributed by atoms with Crippen LogP contribution in [0.4, 0.5) is 11.4 Å². The molecule has 270 valence electrons. The van der Waals surface area contributed by atoms with Crippen LogP contribution in [0.2, 0.25) is 0 Å². The Morgan fingerprint density at radius 3 is 0.893 bits per heavy atom. The third kappa shape index (κ3) is 6.14. The molecule has 2 aliphatic rings. The van der Waals surface area contributed by atoms with E-state index in [9.17, 15) is 20.2 Å². The maximum Gasteiger partial charge on any atom is 0.269 e. The number of nitro benzene ring substituents is 2. The Kier molecular flexibility index (Phi) is 8.28. The first-order valence-corrected chi connectivity index (χ1v) is 18.0. The van der Waals surface area contributed by atoms with Crippen LogP contribution in [-0.2, 0) is 0 Å². The topological polar surface area (TPSA) is 144 Å². The fraction of sp³-hybridized carbons (Fsp3) is 0.0435. The summed E-state index contributed by atoms with van der Waals surface area (Å²) in [4.78, 5) is 40.3. The zero-order valence-electron chi connectivity index (χ0n) is 30.3. The normalized spacial score (nSPS) is 11.9. The Morgan fingerprint density at radius 2 is 0.643 bits per heavy atom. The standard InChI is InChI=1S/C46H32N6O4/c1-27-3-7-29(8-4-27)43-35-19-23-39(47-35)45(31-11-15-33(16-12-31)51(53)54)41-25-21-37(49-41)44(30-9-5-28(2)6-10-30)38-22-26-42(50-38)46(40-24-20-36(43)48-40)32-13-17-34(18-14-32)52(55)56/h3-26,47,50H,1-2H3. The fourth-order valence-corrected chi connectivity index (χ4v) is 7.36. The minimum atomic E-state index is -0.402. The molecule has 0 unspecified atom stereocenters. The van der Waals surface area contributed by atoms with Crippen molar-refractivity contribution in [2.45, 2.75) is 13.8 Å². The summed E-state index contributed by atoms with van der Waals surface area (Å²) in [6.45, 7) is 4.09. The molecule has 0 saturated heterocycles. The highest BCUT2D eigenvalue weighted by atomic mass is 16.6. The van der Waals surface area contributed by atoms with E-state index in [1.807, 2.05) is 62.4 Å². The lowest BCUT2D eigenvalue weighted by molar-refractivity contribution is -0.385. The van der Waals surface area contributed by atoms with Gasteiger partial charge in [-0.15, -0.1) is 0 Å². The average Bonchev–Trinajstić information content (AvgIpc) is 4.05. The van der Waals surface area contributed by atoms with Crippen molar-refractivity contribution in [3.63, 3.8) is 0 Å². The quantitative estimate of drug-likeness (QED) is 0.129. The third-order valence-corrected chi connectivity index (χ3v) is 10.2. The molecule has 10 heteroatoms. The van der Waals surface area contributed by atoms with Gasteiger partial charge in [-0.05, 0) is 109 Å². The van der Waals surface area contributed by atoms with E-state index >= 15 is 0 Å². The molecule has 10 nitrogen and oxygen atoms in total. The number of nitrogens with one attached hydrogen (secondary N) is 2. The smallest absolute Gasteiger partial charge is 0.269 e. The molecular formula is C46H32N6O4. The molecule has 3 aromatic heterocycles. The SMILES string of the molecule is Cc1ccc(-c2c3nc(c(-c4ccc([N+](=O)[O-])cc4)c4ccc([nH]4)c(-c4ccc(C)cc4)c4nc(c(-c5ccc([N+](=O)[O-])cc5)c5ccc2[nH]5)C=C4)C=C3)cc1. The van der Waals surface area contributed by atoms with Crippen molar-refractivity contribution < 1.29 is 9.85 Å². The number of H-pyrrole nitrogens is 2. The number of nitro groups is 2. The Bertz CT molecular complexity index is 2750. The first-order chi connectivity index (χ1) is 27.2. The predicted octanol–water partition coefficient (Wildman–Crippen LogP) is 11.8. The first kappa shape index (κ1) is 34.1. The maximum absolute atomic E-state index is 11.6. The van der Waals surface area contributed by atoms with E-state index in [-0.39, 0.29) is 11.4 Å². The number of aromatic amines is 2.